The monoisotopic (exact) mass is 309 g/mol. The average Bonchev–Trinajstić information content (AvgIpc) is 2.48. The van der Waals surface area contributed by atoms with Gasteiger partial charge in [-0.1, -0.05) is 12.1 Å². The standard InChI is InChI=1S/C16H23NO5/c1-12(2)22-11-15(18)17-10-13-5-7-14(8-6-13)21-9-3-4-16(19)20/h5-8,12H,3-4,9-11H2,1-2H3,(H,17,18)(H,19,20). The quantitative estimate of drug-likeness (QED) is 0.645. The maximum absolute atomic E-state index is 11.5. The minimum absolute atomic E-state index is 0.0308. The molecule has 122 valence electrons. The summed E-state index contributed by atoms with van der Waals surface area (Å²) in [5.74, 6) is -0.289. The molecule has 0 fully saturated rings. The molecule has 0 heterocycles. The van der Waals surface area contributed by atoms with Crippen molar-refractivity contribution in [1.29, 1.82) is 0 Å². The van der Waals surface area contributed by atoms with Gasteiger partial charge in [0, 0.05) is 13.0 Å². The van der Waals surface area contributed by atoms with Crippen molar-refractivity contribution in [2.45, 2.75) is 39.3 Å². The summed E-state index contributed by atoms with van der Waals surface area (Å²) in [6.45, 7) is 4.61. The highest BCUT2D eigenvalue weighted by Crippen LogP contribution is 2.12. The van der Waals surface area contributed by atoms with E-state index >= 15 is 0 Å². The SMILES string of the molecule is CC(C)OCC(=O)NCc1ccc(OCCCC(=O)O)cc1. The molecular formula is C16H23NO5. The van der Waals surface area contributed by atoms with Gasteiger partial charge in [0.2, 0.25) is 5.91 Å². The Morgan fingerprint density at radius 1 is 1.23 bits per heavy atom. The summed E-state index contributed by atoms with van der Waals surface area (Å²) in [6, 6.07) is 7.31. The third-order valence-electron chi connectivity index (χ3n) is 2.76. The Morgan fingerprint density at radius 2 is 1.91 bits per heavy atom. The summed E-state index contributed by atoms with van der Waals surface area (Å²) >= 11 is 0. The molecule has 0 aliphatic carbocycles. The molecule has 1 rings (SSSR count). The largest absolute Gasteiger partial charge is 0.494 e. The van der Waals surface area contributed by atoms with Crippen molar-refractivity contribution in [2.75, 3.05) is 13.2 Å². The first kappa shape index (κ1) is 18.0. The van der Waals surface area contributed by atoms with E-state index in [1.807, 2.05) is 26.0 Å². The molecule has 6 nitrogen and oxygen atoms in total. The number of carboxylic acid groups (broad SMARTS) is 1. The van der Waals surface area contributed by atoms with E-state index in [9.17, 15) is 9.59 Å². The minimum Gasteiger partial charge on any atom is -0.494 e. The van der Waals surface area contributed by atoms with Crippen LogP contribution in [0.15, 0.2) is 24.3 Å². The number of ether oxygens (including phenoxy) is 2. The number of nitrogens with one attached hydrogen (secondary N) is 1. The molecule has 1 aromatic carbocycles. The molecular weight excluding hydrogens is 286 g/mol. The minimum atomic E-state index is -0.823. The van der Waals surface area contributed by atoms with Crippen LogP contribution in [0.3, 0.4) is 0 Å². The predicted molar refractivity (Wildman–Crippen MR) is 81.7 cm³/mol. The molecule has 0 atom stereocenters. The number of benzene rings is 1. The normalized spacial score (nSPS) is 10.5. The Morgan fingerprint density at radius 3 is 2.50 bits per heavy atom. The lowest BCUT2D eigenvalue weighted by Crippen LogP contribution is -2.28. The first-order valence-corrected chi connectivity index (χ1v) is 7.29. The van der Waals surface area contributed by atoms with Gasteiger partial charge >= 0.3 is 5.97 Å². The summed E-state index contributed by atoms with van der Waals surface area (Å²) in [7, 11) is 0. The molecule has 0 spiro atoms. The molecule has 0 aromatic heterocycles. The average molecular weight is 309 g/mol. The molecule has 0 unspecified atom stereocenters. The fourth-order valence-corrected chi connectivity index (χ4v) is 1.61. The van der Waals surface area contributed by atoms with Crippen molar-refractivity contribution in [3.05, 3.63) is 29.8 Å². The van der Waals surface area contributed by atoms with E-state index in [1.54, 1.807) is 12.1 Å². The van der Waals surface area contributed by atoms with Crippen molar-refractivity contribution in [3.63, 3.8) is 0 Å². The summed E-state index contributed by atoms with van der Waals surface area (Å²) in [4.78, 5) is 21.9. The molecule has 0 radical (unpaired) electrons. The van der Waals surface area contributed by atoms with Crippen molar-refractivity contribution >= 4 is 11.9 Å². The van der Waals surface area contributed by atoms with E-state index in [-0.39, 0.29) is 25.0 Å². The number of hydrogen-bond acceptors (Lipinski definition) is 4. The van der Waals surface area contributed by atoms with Crippen LogP contribution in [0.25, 0.3) is 0 Å². The summed E-state index contributed by atoms with van der Waals surface area (Å²) < 4.78 is 10.6. The maximum Gasteiger partial charge on any atom is 0.303 e. The van der Waals surface area contributed by atoms with Gasteiger partial charge in [0.05, 0.1) is 12.7 Å². The zero-order valence-corrected chi connectivity index (χ0v) is 13.0. The number of aliphatic carboxylic acids is 1. The van der Waals surface area contributed by atoms with Crippen molar-refractivity contribution in [3.8, 4) is 5.75 Å². The lowest BCUT2D eigenvalue weighted by Gasteiger charge is -2.09. The molecule has 0 saturated heterocycles. The first-order chi connectivity index (χ1) is 10.5. The summed E-state index contributed by atoms with van der Waals surface area (Å²) in [6.07, 6.45) is 0.606. The zero-order valence-electron chi connectivity index (χ0n) is 13.0. The Hall–Kier alpha value is -2.08. The second kappa shape index (κ2) is 9.78. The van der Waals surface area contributed by atoms with Crippen LogP contribution < -0.4 is 10.1 Å². The van der Waals surface area contributed by atoms with E-state index in [0.717, 1.165) is 5.56 Å². The number of amides is 1. The second-order valence-corrected chi connectivity index (χ2v) is 5.13. The third kappa shape index (κ3) is 8.26. The summed E-state index contributed by atoms with van der Waals surface area (Å²) in [5, 5.41) is 11.3. The fourth-order valence-electron chi connectivity index (χ4n) is 1.61. The Labute approximate surface area is 130 Å². The van der Waals surface area contributed by atoms with E-state index in [2.05, 4.69) is 5.32 Å². The molecule has 6 heteroatoms. The molecule has 2 N–H and O–H groups in total. The van der Waals surface area contributed by atoms with Crippen LogP contribution in [0.2, 0.25) is 0 Å². The Bertz CT molecular complexity index is 470. The third-order valence-corrected chi connectivity index (χ3v) is 2.76. The predicted octanol–water partition coefficient (Wildman–Crippen LogP) is 1.97. The fraction of sp³-hybridized carbons (Fsp3) is 0.500. The first-order valence-electron chi connectivity index (χ1n) is 7.29. The molecule has 0 aliphatic rings. The lowest BCUT2D eigenvalue weighted by atomic mass is 10.2. The number of carbonyl (C=O) groups is 2. The van der Waals surface area contributed by atoms with Gasteiger partial charge in [-0.3, -0.25) is 9.59 Å². The van der Waals surface area contributed by atoms with Gasteiger partial charge in [0.1, 0.15) is 12.4 Å². The number of carboxylic acids is 1. The number of hydrogen-bond donors (Lipinski definition) is 2. The second-order valence-electron chi connectivity index (χ2n) is 5.13. The van der Waals surface area contributed by atoms with Crippen LogP contribution in [0.5, 0.6) is 5.75 Å². The molecule has 1 aromatic rings. The van der Waals surface area contributed by atoms with E-state index < -0.39 is 5.97 Å². The van der Waals surface area contributed by atoms with Crippen molar-refractivity contribution in [1.82, 2.24) is 5.32 Å². The van der Waals surface area contributed by atoms with Crippen molar-refractivity contribution < 1.29 is 24.2 Å². The maximum atomic E-state index is 11.5. The van der Waals surface area contributed by atoms with E-state index in [1.165, 1.54) is 0 Å². The number of carbonyl (C=O) groups excluding carboxylic acids is 1. The molecule has 22 heavy (non-hydrogen) atoms. The summed E-state index contributed by atoms with van der Waals surface area (Å²) in [5.41, 5.74) is 0.954. The van der Waals surface area contributed by atoms with E-state index in [0.29, 0.717) is 25.3 Å². The van der Waals surface area contributed by atoms with Crippen LogP contribution in [-0.2, 0) is 20.9 Å². The zero-order chi connectivity index (χ0) is 16.4. The van der Waals surface area contributed by atoms with E-state index in [4.69, 9.17) is 14.6 Å². The van der Waals surface area contributed by atoms with Gasteiger partial charge in [0.25, 0.3) is 0 Å². The van der Waals surface area contributed by atoms with Gasteiger partial charge in [0.15, 0.2) is 0 Å². The number of rotatable bonds is 10. The van der Waals surface area contributed by atoms with Crippen LogP contribution in [0, 0.1) is 0 Å². The van der Waals surface area contributed by atoms with Crippen LogP contribution >= 0.6 is 0 Å². The molecule has 0 bridgehead atoms. The van der Waals surface area contributed by atoms with Crippen molar-refractivity contribution in [2.24, 2.45) is 0 Å². The van der Waals surface area contributed by atoms with Gasteiger partial charge in [-0.2, -0.15) is 0 Å². The molecule has 1 amide bonds. The Kier molecular flexibility index (Phi) is 7.99. The van der Waals surface area contributed by atoms with Gasteiger partial charge < -0.3 is 19.9 Å². The van der Waals surface area contributed by atoms with Gasteiger partial charge in [-0.05, 0) is 38.0 Å². The lowest BCUT2D eigenvalue weighted by molar-refractivity contribution is -0.137. The smallest absolute Gasteiger partial charge is 0.303 e. The van der Waals surface area contributed by atoms with Crippen LogP contribution in [0.1, 0.15) is 32.3 Å². The molecule has 0 aliphatic heterocycles. The Balaban J connectivity index is 2.26. The van der Waals surface area contributed by atoms with Crippen LogP contribution in [-0.4, -0.2) is 36.3 Å². The highest BCUT2D eigenvalue weighted by atomic mass is 16.5. The topological polar surface area (TPSA) is 84.9 Å². The molecule has 0 saturated carbocycles. The van der Waals surface area contributed by atoms with Crippen LogP contribution in [0.4, 0.5) is 0 Å². The highest BCUT2D eigenvalue weighted by molar-refractivity contribution is 5.77. The van der Waals surface area contributed by atoms with Gasteiger partial charge in [-0.25, -0.2) is 0 Å². The van der Waals surface area contributed by atoms with Gasteiger partial charge in [-0.15, -0.1) is 0 Å². The highest BCUT2D eigenvalue weighted by Gasteiger charge is 2.03.